The summed E-state index contributed by atoms with van der Waals surface area (Å²) in [5, 5.41) is 0. The number of H-pyrrole nitrogens is 2. The van der Waals surface area contributed by atoms with Gasteiger partial charge in [-0.25, -0.2) is 4.79 Å². The molecule has 0 saturated heterocycles. The molecule has 0 aliphatic heterocycles. The van der Waals surface area contributed by atoms with Crippen LogP contribution >= 0.6 is 0 Å². The number of hydrogen-bond acceptors (Lipinski definition) is 2. The third-order valence-corrected chi connectivity index (χ3v) is 5.20. The summed E-state index contributed by atoms with van der Waals surface area (Å²) in [6, 6.07) is 8.63. The summed E-state index contributed by atoms with van der Waals surface area (Å²) >= 11 is 0. The molecule has 108 valence electrons. The standard InChI is InChI=1S/C17H18N2O2/c20-15-13-6-8-17(10-14(13)18-16(21)19-15)7-5-11-3-1-2-4-12(11)9-17/h1-4H,5-10H2,(H2,18,19,20,21). The van der Waals surface area contributed by atoms with Crippen molar-refractivity contribution < 1.29 is 0 Å². The Morgan fingerprint density at radius 3 is 2.52 bits per heavy atom. The van der Waals surface area contributed by atoms with E-state index >= 15 is 0 Å². The summed E-state index contributed by atoms with van der Waals surface area (Å²) in [6.45, 7) is 0. The van der Waals surface area contributed by atoms with Crippen LogP contribution in [0.1, 0.15) is 35.2 Å². The molecule has 4 rings (SSSR count). The Labute approximate surface area is 122 Å². The van der Waals surface area contributed by atoms with Gasteiger partial charge in [0.25, 0.3) is 5.56 Å². The van der Waals surface area contributed by atoms with E-state index in [-0.39, 0.29) is 16.7 Å². The second kappa shape index (κ2) is 4.45. The summed E-state index contributed by atoms with van der Waals surface area (Å²) in [5.41, 5.74) is 4.13. The molecular weight excluding hydrogens is 264 g/mol. The van der Waals surface area contributed by atoms with Crippen molar-refractivity contribution in [1.82, 2.24) is 9.97 Å². The van der Waals surface area contributed by atoms with Gasteiger partial charge in [0.2, 0.25) is 0 Å². The Kier molecular flexibility index (Phi) is 2.67. The Morgan fingerprint density at radius 1 is 0.905 bits per heavy atom. The third kappa shape index (κ3) is 2.06. The van der Waals surface area contributed by atoms with Crippen LogP contribution in [-0.4, -0.2) is 9.97 Å². The Bertz CT molecular complexity index is 818. The zero-order valence-corrected chi connectivity index (χ0v) is 11.9. The molecule has 1 heterocycles. The van der Waals surface area contributed by atoms with Gasteiger partial charge >= 0.3 is 5.69 Å². The van der Waals surface area contributed by atoms with Gasteiger partial charge in [-0.15, -0.1) is 0 Å². The van der Waals surface area contributed by atoms with Gasteiger partial charge in [-0.05, 0) is 55.1 Å². The van der Waals surface area contributed by atoms with Crippen LogP contribution in [0.2, 0.25) is 0 Å². The molecule has 21 heavy (non-hydrogen) atoms. The summed E-state index contributed by atoms with van der Waals surface area (Å²) in [5.74, 6) is 0. The highest BCUT2D eigenvalue weighted by atomic mass is 16.2. The third-order valence-electron chi connectivity index (χ3n) is 5.20. The smallest absolute Gasteiger partial charge is 0.311 e. The fraction of sp³-hybridized carbons (Fsp3) is 0.412. The van der Waals surface area contributed by atoms with Gasteiger partial charge < -0.3 is 4.98 Å². The molecule has 2 aromatic rings. The Balaban J connectivity index is 1.73. The van der Waals surface area contributed by atoms with Crippen LogP contribution < -0.4 is 11.2 Å². The number of rotatable bonds is 0. The molecule has 4 heteroatoms. The number of aromatic nitrogens is 2. The van der Waals surface area contributed by atoms with Crippen molar-refractivity contribution in [3.8, 4) is 0 Å². The number of benzene rings is 1. The van der Waals surface area contributed by atoms with Crippen molar-refractivity contribution in [1.29, 1.82) is 0 Å². The molecule has 0 radical (unpaired) electrons. The van der Waals surface area contributed by atoms with Crippen LogP contribution in [0, 0.1) is 5.41 Å². The molecule has 0 bridgehead atoms. The lowest BCUT2D eigenvalue weighted by Gasteiger charge is -2.41. The first-order valence-electron chi connectivity index (χ1n) is 7.56. The maximum atomic E-state index is 11.9. The van der Waals surface area contributed by atoms with Gasteiger partial charge in [0.15, 0.2) is 0 Å². The molecule has 2 N–H and O–H groups in total. The highest BCUT2D eigenvalue weighted by molar-refractivity contribution is 5.33. The molecule has 0 saturated carbocycles. The number of aromatic amines is 2. The molecule has 2 aliphatic carbocycles. The van der Waals surface area contributed by atoms with E-state index in [0.29, 0.717) is 0 Å². The zero-order chi connectivity index (χ0) is 14.4. The fourth-order valence-electron chi connectivity index (χ4n) is 4.06. The SMILES string of the molecule is O=c1[nH]c2c(c(=O)[nH]1)CCC1(CCc3ccccc3C1)C2. The first-order chi connectivity index (χ1) is 10.2. The minimum atomic E-state index is -0.382. The highest BCUT2D eigenvalue weighted by Gasteiger charge is 2.38. The molecule has 0 amide bonds. The molecule has 1 unspecified atom stereocenters. The van der Waals surface area contributed by atoms with Crippen molar-refractivity contribution in [3.05, 3.63) is 67.5 Å². The van der Waals surface area contributed by atoms with E-state index < -0.39 is 0 Å². The summed E-state index contributed by atoms with van der Waals surface area (Å²) in [4.78, 5) is 28.6. The van der Waals surface area contributed by atoms with Crippen molar-refractivity contribution >= 4 is 0 Å². The van der Waals surface area contributed by atoms with Crippen molar-refractivity contribution in [2.24, 2.45) is 5.41 Å². The number of nitrogens with one attached hydrogen (secondary N) is 2. The van der Waals surface area contributed by atoms with Crippen LogP contribution in [0.5, 0.6) is 0 Å². The summed E-state index contributed by atoms with van der Waals surface area (Å²) in [6.07, 6.45) is 5.90. The van der Waals surface area contributed by atoms with Crippen molar-refractivity contribution in [2.45, 2.75) is 38.5 Å². The predicted molar refractivity (Wildman–Crippen MR) is 80.6 cm³/mol. The van der Waals surface area contributed by atoms with Gasteiger partial charge in [-0.2, -0.15) is 0 Å². The van der Waals surface area contributed by atoms with E-state index in [1.54, 1.807) is 0 Å². The molecule has 1 atom stereocenters. The van der Waals surface area contributed by atoms with E-state index in [9.17, 15) is 9.59 Å². The van der Waals surface area contributed by atoms with Crippen LogP contribution in [0.15, 0.2) is 33.9 Å². The van der Waals surface area contributed by atoms with E-state index in [1.165, 1.54) is 11.1 Å². The van der Waals surface area contributed by atoms with Crippen LogP contribution in [0.25, 0.3) is 0 Å². The highest BCUT2D eigenvalue weighted by Crippen LogP contribution is 2.44. The molecular formula is C17H18N2O2. The Morgan fingerprint density at radius 2 is 1.67 bits per heavy atom. The summed E-state index contributed by atoms with van der Waals surface area (Å²) in [7, 11) is 0. The topological polar surface area (TPSA) is 65.7 Å². The minimum absolute atomic E-state index is 0.206. The number of aryl methyl sites for hydroxylation is 1. The number of hydrogen-bond donors (Lipinski definition) is 2. The first kappa shape index (κ1) is 12.6. The van der Waals surface area contributed by atoms with E-state index in [0.717, 1.165) is 49.8 Å². The van der Waals surface area contributed by atoms with Gasteiger partial charge in [0.05, 0.1) is 0 Å². The van der Waals surface area contributed by atoms with E-state index in [1.807, 2.05) is 0 Å². The lowest BCUT2D eigenvalue weighted by Crippen LogP contribution is -2.39. The second-order valence-electron chi connectivity index (χ2n) is 6.49. The molecule has 4 nitrogen and oxygen atoms in total. The van der Waals surface area contributed by atoms with E-state index in [2.05, 4.69) is 34.2 Å². The first-order valence-corrected chi connectivity index (χ1v) is 7.56. The zero-order valence-electron chi connectivity index (χ0n) is 11.9. The fourth-order valence-corrected chi connectivity index (χ4v) is 4.06. The monoisotopic (exact) mass is 282 g/mol. The quantitative estimate of drug-likeness (QED) is 0.773. The number of fused-ring (bicyclic) bond motifs is 2. The Hall–Kier alpha value is -2.10. The normalized spacial score (nSPS) is 23.6. The van der Waals surface area contributed by atoms with Gasteiger partial charge in [-0.3, -0.25) is 9.78 Å². The molecule has 0 fully saturated rings. The van der Waals surface area contributed by atoms with E-state index in [4.69, 9.17) is 0 Å². The second-order valence-corrected chi connectivity index (χ2v) is 6.49. The molecule has 1 aromatic heterocycles. The molecule has 1 spiro atoms. The maximum absolute atomic E-state index is 11.9. The average molecular weight is 282 g/mol. The average Bonchev–Trinajstić information content (AvgIpc) is 2.46. The van der Waals surface area contributed by atoms with Gasteiger partial charge in [-0.1, -0.05) is 24.3 Å². The van der Waals surface area contributed by atoms with Crippen molar-refractivity contribution in [3.63, 3.8) is 0 Å². The van der Waals surface area contributed by atoms with Crippen molar-refractivity contribution in [2.75, 3.05) is 0 Å². The largest absolute Gasteiger partial charge is 0.325 e. The maximum Gasteiger partial charge on any atom is 0.325 e. The van der Waals surface area contributed by atoms with Crippen LogP contribution in [0.4, 0.5) is 0 Å². The molecule has 1 aromatic carbocycles. The van der Waals surface area contributed by atoms with Gasteiger partial charge in [0.1, 0.15) is 0 Å². The molecule has 2 aliphatic rings. The lowest BCUT2D eigenvalue weighted by atomic mass is 9.64. The van der Waals surface area contributed by atoms with Gasteiger partial charge in [0, 0.05) is 11.3 Å². The van der Waals surface area contributed by atoms with Crippen LogP contribution in [-0.2, 0) is 25.7 Å². The predicted octanol–water partition coefficient (Wildman–Crippen LogP) is 1.73. The van der Waals surface area contributed by atoms with Crippen LogP contribution in [0.3, 0.4) is 0 Å². The lowest BCUT2D eigenvalue weighted by molar-refractivity contribution is 0.206. The summed E-state index contributed by atoms with van der Waals surface area (Å²) < 4.78 is 0. The minimum Gasteiger partial charge on any atom is -0.311 e.